The van der Waals surface area contributed by atoms with E-state index in [9.17, 15) is 9.59 Å². The molecule has 0 aromatic heterocycles. The molecule has 0 radical (unpaired) electrons. The van der Waals surface area contributed by atoms with Gasteiger partial charge in [-0.3, -0.25) is 14.5 Å². The lowest BCUT2D eigenvalue weighted by molar-refractivity contribution is -0.114. The summed E-state index contributed by atoms with van der Waals surface area (Å²) < 4.78 is 5.71. The Bertz CT molecular complexity index is 531. The van der Waals surface area contributed by atoms with Crippen molar-refractivity contribution in [2.45, 2.75) is 45.9 Å². The number of hydrogen-bond acceptors (Lipinski definition) is 4. The van der Waals surface area contributed by atoms with Gasteiger partial charge in [-0.2, -0.15) is 0 Å². The van der Waals surface area contributed by atoms with Crippen molar-refractivity contribution in [3.8, 4) is 0 Å². The minimum atomic E-state index is -0.180. The van der Waals surface area contributed by atoms with Crippen molar-refractivity contribution in [1.29, 1.82) is 0 Å². The van der Waals surface area contributed by atoms with E-state index in [4.69, 9.17) is 4.74 Å². The third kappa shape index (κ3) is 4.15. The van der Waals surface area contributed by atoms with Crippen LogP contribution in [0.3, 0.4) is 0 Å². The zero-order valence-corrected chi connectivity index (χ0v) is 13.6. The molecule has 0 spiro atoms. The molecular weight excluding hydrogens is 280 g/mol. The Morgan fingerprint density at radius 1 is 1.18 bits per heavy atom. The van der Waals surface area contributed by atoms with Crippen LogP contribution in [-0.2, 0) is 9.53 Å². The minimum absolute atomic E-state index is 0.0932. The number of nitrogens with one attached hydrogen (secondary N) is 1. The van der Waals surface area contributed by atoms with Crippen LogP contribution in [0.2, 0.25) is 0 Å². The summed E-state index contributed by atoms with van der Waals surface area (Å²) >= 11 is 0. The van der Waals surface area contributed by atoms with Crippen LogP contribution in [0.4, 0.5) is 5.69 Å². The predicted molar refractivity (Wildman–Crippen MR) is 86.1 cm³/mol. The van der Waals surface area contributed by atoms with E-state index >= 15 is 0 Å². The molecule has 22 heavy (non-hydrogen) atoms. The molecule has 1 N–H and O–H groups in total. The van der Waals surface area contributed by atoms with Gasteiger partial charge in [-0.25, -0.2) is 0 Å². The van der Waals surface area contributed by atoms with E-state index in [0.717, 1.165) is 13.1 Å². The summed E-state index contributed by atoms with van der Waals surface area (Å²) in [6.07, 6.45) is 0.280. The van der Waals surface area contributed by atoms with Crippen LogP contribution in [0, 0.1) is 0 Å². The molecule has 2 rings (SSSR count). The lowest BCUT2D eigenvalue weighted by Gasteiger charge is -2.38. The standard InChI is InChI=1S/C17H24N2O3/c1-11-9-19(10-12(2)22-11)13(3)17(21)15-5-7-16(8-6-15)18-14(4)20/h5-8,11-13H,9-10H2,1-4H3,(H,18,20)/t11-,12-,13+/m1/s1. The number of benzene rings is 1. The van der Waals surface area contributed by atoms with Crippen LogP contribution in [0.5, 0.6) is 0 Å². The molecule has 1 aromatic carbocycles. The van der Waals surface area contributed by atoms with Gasteiger partial charge in [0.15, 0.2) is 5.78 Å². The van der Waals surface area contributed by atoms with E-state index in [-0.39, 0.29) is 29.9 Å². The summed E-state index contributed by atoms with van der Waals surface area (Å²) in [5.74, 6) is -0.0283. The molecule has 1 saturated heterocycles. The number of rotatable bonds is 4. The molecule has 1 aromatic rings. The Labute approximate surface area is 131 Å². The minimum Gasteiger partial charge on any atom is -0.373 e. The maximum atomic E-state index is 12.6. The van der Waals surface area contributed by atoms with Gasteiger partial charge in [0.25, 0.3) is 0 Å². The van der Waals surface area contributed by atoms with Crippen LogP contribution in [0.15, 0.2) is 24.3 Å². The number of ketones is 1. The first-order chi connectivity index (χ1) is 10.4. The molecule has 5 heteroatoms. The SMILES string of the molecule is CC(=O)Nc1ccc(C(=O)[C@H](C)N2C[C@@H](C)O[C@H](C)C2)cc1. The normalized spacial score (nSPS) is 23.8. The number of amides is 1. The maximum Gasteiger partial charge on any atom is 0.221 e. The summed E-state index contributed by atoms with van der Waals surface area (Å²) in [6.45, 7) is 8.99. The first-order valence-corrected chi connectivity index (χ1v) is 7.68. The largest absolute Gasteiger partial charge is 0.373 e. The second-order valence-corrected chi connectivity index (χ2v) is 6.01. The second kappa shape index (κ2) is 7.03. The highest BCUT2D eigenvalue weighted by atomic mass is 16.5. The highest BCUT2D eigenvalue weighted by molar-refractivity contribution is 6.00. The van der Waals surface area contributed by atoms with Gasteiger partial charge < -0.3 is 10.1 Å². The fraction of sp³-hybridized carbons (Fsp3) is 0.529. The summed E-state index contributed by atoms with van der Waals surface area (Å²) in [5, 5.41) is 2.70. The fourth-order valence-electron chi connectivity index (χ4n) is 2.86. The van der Waals surface area contributed by atoms with Crippen molar-refractivity contribution in [1.82, 2.24) is 4.90 Å². The average molecular weight is 304 g/mol. The van der Waals surface area contributed by atoms with E-state index in [0.29, 0.717) is 11.3 Å². The molecule has 1 heterocycles. The zero-order valence-electron chi connectivity index (χ0n) is 13.6. The van der Waals surface area contributed by atoms with Crippen LogP contribution in [0.25, 0.3) is 0 Å². The van der Waals surface area contributed by atoms with Gasteiger partial charge in [-0.05, 0) is 45.0 Å². The maximum absolute atomic E-state index is 12.6. The van der Waals surface area contributed by atoms with Gasteiger partial charge >= 0.3 is 0 Å². The molecule has 0 aliphatic carbocycles. The number of carbonyl (C=O) groups is 2. The molecule has 1 aliphatic heterocycles. The molecule has 0 unspecified atom stereocenters. The Hall–Kier alpha value is -1.72. The number of nitrogens with zero attached hydrogens (tertiary/aromatic N) is 1. The quantitative estimate of drug-likeness (QED) is 0.867. The molecule has 0 bridgehead atoms. The first kappa shape index (κ1) is 16.6. The van der Waals surface area contributed by atoms with Crippen molar-refractivity contribution in [2.24, 2.45) is 0 Å². The van der Waals surface area contributed by atoms with Gasteiger partial charge in [0.2, 0.25) is 5.91 Å². The molecule has 1 aliphatic rings. The van der Waals surface area contributed by atoms with Gasteiger partial charge in [0, 0.05) is 31.3 Å². The topological polar surface area (TPSA) is 58.6 Å². The molecular formula is C17H24N2O3. The fourth-order valence-corrected chi connectivity index (χ4v) is 2.86. The van der Waals surface area contributed by atoms with Gasteiger partial charge in [0.1, 0.15) is 0 Å². The van der Waals surface area contributed by atoms with Gasteiger partial charge in [-0.1, -0.05) is 0 Å². The molecule has 120 valence electrons. The van der Waals surface area contributed by atoms with Crippen LogP contribution >= 0.6 is 0 Å². The van der Waals surface area contributed by atoms with E-state index in [1.165, 1.54) is 6.92 Å². The summed E-state index contributed by atoms with van der Waals surface area (Å²) in [4.78, 5) is 25.8. The monoisotopic (exact) mass is 304 g/mol. The van der Waals surface area contributed by atoms with Crippen molar-refractivity contribution in [3.63, 3.8) is 0 Å². The van der Waals surface area contributed by atoms with Crippen molar-refractivity contribution < 1.29 is 14.3 Å². The zero-order chi connectivity index (χ0) is 16.3. The van der Waals surface area contributed by atoms with Gasteiger partial charge in [-0.15, -0.1) is 0 Å². The lowest BCUT2D eigenvalue weighted by atomic mass is 10.0. The molecule has 1 fully saturated rings. The molecule has 0 saturated carbocycles. The summed E-state index contributed by atoms with van der Waals surface area (Å²) in [5.41, 5.74) is 1.36. The Kier molecular flexibility index (Phi) is 5.32. The molecule has 5 nitrogen and oxygen atoms in total. The van der Waals surface area contributed by atoms with E-state index in [2.05, 4.69) is 10.2 Å². The Morgan fingerprint density at radius 2 is 1.73 bits per heavy atom. The number of carbonyl (C=O) groups excluding carboxylic acids is 2. The van der Waals surface area contributed by atoms with Crippen molar-refractivity contribution in [2.75, 3.05) is 18.4 Å². The third-order valence-electron chi connectivity index (χ3n) is 3.86. The average Bonchev–Trinajstić information content (AvgIpc) is 2.45. The predicted octanol–water partition coefficient (Wildman–Crippen LogP) is 2.33. The number of ether oxygens (including phenoxy) is 1. The van der Waals surface area contributed by atoms with Crippen LogP contribution in [-0.4, -0.2) is 47.9 Å². The third-order valence-corrected chi connectivity index (χ3v) is 3.86. The first-order valence-electron chi connectivity index (χ1n) is 7.68. The highest BCUT2D eigenvalue weighted by Crippen LogP contribution is 2.18. The number of Topliss-reactive ketones (excluding diaryl/α,β-unsaturated/α-hetero) is 1. The summed E-state index contributed by atoms with van der Waals surface area (Å²) in [6, 6.07) is 6.85. The Morgan fingerprint density at radius 3 is 2.23 bits per heavy atom. The molecule has 1 amide bonds. The highest BCUT2D eigenvalue weighted by Gasteiger charge is 2.29. The molecule has 3 atom stereocenters. The number of morpholine rings is 1. The van der Waals surface area contributed by atoms with E-state index in [1.54, 1.807) is 24.3 Å². The van der Waals surface area contributed by atoms with Crippen molar-refractivity contribution >= 4 is 17.4 Å². The second-order valence-electron chi connectivity index (χ2n) is 6.01. The van der Waals surface area contributed by atoms with Crippen LogP contribution in [0.1, 0.15) is 38.1 Å². The smallest absolute Gasteiger partial charge is 0.221 e. The van der Waals surface area contributed by atoms with Crippen LogP contribution < -0.4 is 5.32 Å². The lowest BCUT2D eigenvalue weighted by Crippen LogP contribution is -2.51. The number of hydrogen-bond donors (Lipinski definition) is 1. The number of anilines is 1. The van der Waals surface area contributed by atoms with Crippen molar-refractivity contribution in [3.05, 3.63) is 29.8 Å². The summed E-state index contributed by atoms with van der Waals surface area (Å²) in [7, 11) is 0. The van der Waals surface area contributed by atoms with E-state index in [1.807, 2.05) is 20.8 Å². The van der Waals surface area contributed by atoms with E-state index < -0.39 is 0 Å². The van der Waals surface area contributed by atoms with Gasteiger partial charge in [0.05, 0.1) is 18.2 Å². The Balaban J connectivity index is 2.05.